The topological polar surface area (TPSA) is 91.3 Å². The summed E-state index contributed by atoms with van der Waals surface area (Å²) in [5.41, 5.74) is 1.71. The van der Waals surface area contributed by atoms with E-state index >= 15 is 0 Å². The van der Waals surface area contributed by atoms with E-state index in [2.05, 4.69) is 15.6 Å². The Kier molecular flexibility index (Phi) is 7.00. The fourth-order valence-electron chi connectivity index (χ4n) is 1.95. The highest BCUT2D eigenvalue weighted by Crippen LogP contribution is 2.14. The summed E-state index contributed by atoms with van der Waals surface area (Å²) >= 11 is 1.47. The molecule has 1 heterocycles. The lowest BCUT2D eigenvalue weighted by Crippen LogP contribution is -2.38. The number of carbonyl (C=O) groups excluding carboxylic acids is 1. The van der Waals surface area contributed by atoms with E-state index in [4.69, 9.17) is 5.11 Å². The minimum absolute atomic E-state index is 0.0401. The van der Waals surface area contributed by atoms with E-state index in [0.29, 0.717) is 19.0 Å². The van der Waals surface area contributed by atoms with E-state index in [0.717, 1.165) is 11.3 Å². The predicted molar refractivity (Wildman–Crippen MR) is 77.6 cm³/mol. The van der Waals surface area contributed by atoms with Crippen molar-refractivity contribution in [1.82, 2.24) is 15.6 Å². The summed E-state index contributed by atoms with van der Waals surface area (Å²) in [6, 6.07) is -0.280. The molecule has 0 aromatic carbocycles. The molecule has 2 amide bonds. The molecule has 0 saturated heterocycles. The molecule has 6 nitrogen and oxygen atoms in total. The standard InChI is InChI=1S/C13H21N3O3S/c1-9(2)3-10(4-12(17)18)5-15-13(19)16-7-11-6-14-8-20-11/h6,8-10H,3-5,7H2,1-2H3,(H,17,18)(H2,15,16,19). The first-order chi connectivity index (χ1) is 9.47. The zero-order chi connectivity index (χ0) is 15.0. The first-order valence-corrected chi connectivity index (χ1v) is 7.46. The van der Waals surface area contributed by atoms with Crippen molar-refractivity contribution in [3.8, 4) is 0 Å². The van der Waals surface area contributed by atoms with Crippen LogP contribution in [0, 0.1) is 11.8 Å². The molecule has 0 aliphatic rings. The summed E-state index contributed by atoms with van der Waals surface area (Å²) in [6.45, 7) is 4.89. The third-order valence-corrected chi connectivity index (χ3v) is 3.51. The van der Waals surface area contributed by atoms with Crippen LogP contribution in [0.25, 0.3) is 0 Å². The van der Waals surface area contributed by atoms with Crippen LogP contribution >= 0.6 is 11.3 Å². The summed E-state index contributed by atoms with van der Waals surface area (Å²) in [6.07, 6.45) is 2.56. The summed E-state index contributed by atoms with van der Waals surface area (Å²) in [7, 11) is 0. The Morgan fingerprint density at radius 3 is 2.70 bits per heavy atom. The van der Waals surface area contributed by atoms with Crippen LogP contribution in [0.15, 0.2) is 11.7 Å². The third kappa shape index (κ3) is 7.08. The van der Waals surface area contributed by atoms with Crippen molar-refractivity contribution in [2.75, 3.05) is 6.54 Å². The molecule has 3 N–H and O–H groups in total. The smallest absolute Gasteiger partial charge is 0.315 e. The maximum absolute atomic E-state index is 11.6. The number of nitrogens with one attached hydrogen (secondary N) is 2. The van der Waals surface area contributed by atoms with Crippen LogP contribution in [-0.4, -0.2) is 28.6 Å². The zero-order valence-electron chi connectivity index (χ0n) is 11.8. The van der Waals surface area contributed by atoms with Crippen LogP contribution in [0.5, 0.6) is 0 Å². The van der Waals surface area contributed by atoms with Crippen molar-refractivity contribution in [1.29, 1.82) is 0 Å². The Bertz CT molecular complexity index is 421. The highest BCUT2D eigenvalue weighted by atomic mass is 32.1. The summed E-state index contributed by atoms with van der Waals surface area (Å²) < 4.78 is 0. The number of carbonyl (C=O) groups is 2. The number of rotatable bonds is 8. The van der Waals surface area contributed by atoms with Crippen molar-refractivity contribution >= 4 is 23.3 Å². The Labute approximate surface area is 122 Å². The molecule has 0 spiro atoms. The molecule has 112 valence electrons. The van der Waals surface area contributed by atoms with Crippen LogP contribution < -0.4 is 10.6 Å². The van der Waals surface area contributed by atoms with Gasteiger partial charge in [0.2, 0.25) is 0 Å². The van der Waals surface area contributed by atoms with Crippen LogP contribution in [-0.2, 0) is 11.3 Å². The molecule has 0 aliphatic heterocycles. The summed E-state index contributed by atoms with van der Waals surface area (Å²) in [5.74, 6) is -0.467. The van der Waals surface area contributed by atoms with Crippen LogP contribution in [0.4, 0.5) is 4.79 Å². The number of amides is 2. The normalized spacial score (nSPS) is 12.2. The first kappa shape index (κ1) is 16.4. The van der Waals surface area contributed by atoms with E-state index < -0.39 is 5.97 Å². The molecule has 1 rings (SSSR count). The molecule has 1 aromatic rings. The molecule has 0 radical (unpaired) electrons. The summed E-state index contributed by atoms with van der Waals surface area (Å²) in [4.78, 5) is 27.3. The number of hydrogen-bond donors (Lipinski definition) is 3. The van der Waals surface area contributed by atoms with Gasteiger partial charge in [0, 0.05) is 24.0 Å². The highest BCUT2D eigenvalue weighted by molar-refractivity contribution is 7.09. The van der Waals surface area contributed by atoms with E-state index in [1.807, 2.05) is 13.8 Å². The van der Waals surface area contributed by atoms with Crippen molar-refractivity contribution in [2.45, 2.75) is 33.2 Å². The largest absolute Gasteiger partial charge is 0.481 e. The maximum atomic E-state index is 11.6. The molecule has 0 saturated carbocycles. The minimum Gasteiger partial charge on any atom is -0.481 e. The van der Waals surface area contributed by atoms with E-state index in [1.54, 1.807) is 11.7 Å². The molecule has 1 atom stereocenters. The van der Waals surface area contributed by atoms with Gasteiger partial charge in [-0.3, -0.25) is 9.78 Å². The van der Waals surface area contributed by atoms with Crippen LogP contribution in [0.1, 0.15) is 31.6 Å². The summed E-state index contributed by atoms with van der Waals surface area (Å²) in [5, 5.41) is 14.3. The molecule has 20 heavy (non-hydrogen) atoms. The second kappa shape index (κ2) is 8.52. The highest BCUT2D eigenvalue weighted by Gasteiger charge is 2.16. The number of aliphatic carboxylic acids is 1. The molecular weight excluding hydrogens is 278 g/mol. The molecule has 0 fully saturated rings. The average Bonchev–Trinajstić information content (AvgIpc) is 2.85. The van der Waals surface area contributed by atoms with Gasteiger partial charge >= 0.3 is 12.0 Å². The first-order valence-electron chi connectivity index (χ1n) is 6.58. The number of aromatic nitrogens is 1. The van der Waals surface area contributed by atoms with Gasteiger partial charge in [-0.2, -0.15) is 0 Å². The lowest BCUT2D eigenvalue weighted by atomic mass is 9.94. The Balaban J connectivity index is 2.30. The predicted octanol–water partition coefficient (Wildman–Crippen LogP) is 2.08. The molecule has 0 aliphatic carbocycles. The minimum atomic E-state index is -0.831. The van der Waals surface area contributed by atoms with Gasteiger partial charge in [-0.05, 0) is 18.3 Å². The van der Waals surface area contributed by atoms with E-state index in [1.165, 1.54) is 11.3 Å². The number of nitrogens with zero attached hydrogens (tertiary/aromatic N) is 1. The van der Waals surface area contributed by atoms with Gasteiger partial charge in [0.25, 0.3) is 0 Å². The fourth-order valence-corrected chi connectivity index (χ4v) is 2.48. The van der Waals surface area contributed by atoms with Crippen molar-refractivity contribution in [2.24, 2.45) is 11.8 Å². The SMILES string of the molecule is CC(C)CC(CNC(=O)NCc1cncs1)CC(=O)O. The van der Waals surface area contributed by atoms with Crippen LogP contribution in [0.2, 0.25) is 0 Å². The lowest BCUT2D eigenvalue weighted by Gasteiger charge is -2.17. The second-order valence-electron chi connectivity index (χ2n) is 5.12. The Morgan fingerprint density at radius 2 is 2.15 bits per heavy atom. The second-order valence-corrected chi connectivity index (χ2v) is 6.10. The number of carboxylic acids is 1. The number of hydrogen-bond acceptors (Lipinski definition) is 4. The van der Waals surface area contributed by atoms with E-state index in [-0.39, 0.29) is 18.4 Å². The zero-order valence-corrected chi connectivity index (χ0v) is 12.6. The molecule has 1 unspecified atom stereocenters. The Hall–Kier alpha value is -1.63. The average molecular weight is 299 g/mol. The van der Waals surface area contributed by atoms with Gasteiger partial charge in [-0.25, -0.2) is 4.79 Å². The molecule has 7 heteroatoms. The fraction of sp³-hybridized carbons (Fsp3) is 0.615. The third-order valence-electron chi connectivity index (χ3n) is 2.73. The number of thiazole rings is 1. The van der Waals surface area contributed by atoms with Crippen molar-refractivity contribution in [3.63, 3.8) is 0 Å². The van der Waals surface area contributed by atoms with E-state index in [9.17, 15) is 9.59 Å². The van der Waals surface area contributed by atoms with Gasteiger partial charge in [0.15, 0.2) is 0 Å². The van der Waals surface area contributed by atoms with Crippen molar-refractivity contribution < 1.29 is 14.7 Å². The quantitative estimate of drug-likeness (QED) is 0.685. The van der Waals surface area contributed by atoms with Gasteiger partial charge in [0.05, 0.1) is 12.1 Å². The monoisotopic (exact) mass is 299 g/mol. The van der Waals surface area contributed by atoms with Gasteiger partial charge in [0.1, 0.15) is 0 Å². The maximum Gasteiger partial charge on any atom is 0.315 e. The molecule has 0 bridgehead atoms. The molecular formula is C13H21N3O3S. The molecule has 1 aromatic heterocycles. The number of urea groups is 1. The Morgan fingerprint density at radius 1 is 1.40 bits per heavy atom. The number of carboxylic acid groups (broad SMARTS) is 1. The lowest BCUT2D eigenvalue weighted by molar-refractivity contribution is -0.138. The van der Waals surface area contributed by atoms with Crippen LogP contribution in [0.3, 0.4) is 0 Å². The van der Waals surface area contributed by atoms with Gasteiger partial charge in [-0.15, -0.1) is 11.3 Å². The van der Waals surface area contributed by atoms with Crippen molar-refractivity contribution in [3.05, 3.63) is 16.6 Å². The van der Waals surface area contributed by atoms with Gasteiger partial charge in [-0.1, -0.05) is 13.8 Å². The van der Waals surface area contributed by atoms with Gasteiger partial charge < -0.3 is 15.7 Å².